The van der Waals surface area contributed by atoms with Crippen molar-refractivity contribution >= 4 is 17.5 Å². The van der Waals surface area contributed by atoms with Crippen LogP contribution in [0.25, 0.3) is 11.3 Å². The molecular formula is C26H30ClN3O3. The van der Waals surface area contributed by atoms with E-state index in [1.54, 1.807) is 7.11 Å². The van der Waals surface area contributed by atoms with Crippen LogP contribution >= 0.6 is 11.6 Å². The van der Waals surface area contributed by atoms with Crippen molar-refractivity contribution in [3.05, 3.63) is 70.4 Å². The SMILES string of the molecule is CCCCCOc1ccc(C2c3c(-c4ccc(Cl)cc4)n[nH]c3C(=O)N2CCCOC)cc1. The quantitative estimate of drug-likeness (QED) is 0.357. The zero-order chi connectivity index (χ0) is 23.2. The van der Waals surface area contributed by atoms with Gasteiger partial charge in [0, 0.05) is 36.4 Å². The van der Waals surface area contributed by atoms with Crippen molar-refractivity contribution in [2.24, 2.45) is 0 Å². The van der Waals surface area contributed by atoms with E-state index in [4.69, 9.17) is 21.1 Å². The molecule has 174 valence electrons. The van der Waals surface area contributed by atoms with E-state index in [0.717, 1.165) is 47.4 Å². The van der Waals surface area contributed by atoms with Crippen molar-refractivity contribution in [2.75, 3.05) is 26.9 Å². The van der Waals surface area contributed by atoms with E-state index < -0.39 is 0 Å². The zero-order valence-electron chi connectivity index (χ0n) is 19.1. The second-order valence-electron chi connectivity index (χ2n) is 8.24. The van der Waals surface area contributed by atoms with Crippen LogP contribution in [-0.4, -0.2) is 47.9 Å². The number of amides is 1. The van der Waals surface area contributed by atoms with Gasteiger partial charge in [-0.2, -0.15) is 5.10 Å². The van der Waals surface area contributed by atoms with Crippen LogP contribution in [0.15, 0.2) is 48.5 Å². The molecule has 1 aliphatic heterocycles. The normalized spacial score (nSPS) is 15.2. The first-order chi connectivity index (χ1) is 16.1. The molecule has 0 saturated heterocycles. The zero-order valence-corrected chi connectivity index (χ0v) is 19.9. The third-order valence-corrected chi connectivity index (χ3v) is 6.19. The Morgan fingerprint density at radius 3 is 2.48 bits per heavy atom. The molecule has 0 bridgehead atoms. The third kappa shape index (κ3) is 5.07. The van der Waals surface area contributed by atoms with Crippen molar-refractivity contribution in [3.63, 3.8) is 0 Å². The van der Waals surface area contributed by atoms with Gasteiger partial charge in [-0.3, -0.25) is 9.89 Å². The Hall–Kier alpha value is -2.83. The van der Waals surface area contributed by atoms with Crippen LogP contribution in [0.3, 0.4) is 0 Å². The molecule has 0 radical (unpaired) electrons. The van der Waals surface area contributed by atoms with Crippen LogP contribution in [0.2, 0.25) is 5.02 Å². The van der Waals surface area contributed by atoms with Crippen LogP contribution in [-0.2, 0) is 4.74 Å². The maximum absolute atomic E-state index is 13.3. The monoisotopic (exact) mass is 467 g/mol. The van der Waals surface area contributed by atoms with Crippen molar-refractivity contribution in [1.82, 2.24) is 15.1 Å². The summed E-state index contributed by atoms with van der Waals surface area (Å²) in [5.74, 6) is 0.800. The van der Waals surface area contributed by atoms with Gasteiger partial charge in [-0.15, -0.1) is 0 Å². The second kappa shape index (κ2) is 10.9. The van der Waals surface area contributed by atoms with E-state index in [-0.39, 0.29) is 11.9 Å². The number of carbonyl (C=O) groups is 1. The van der Waals surface area contributed by atoms with E-state index >= 15 is 0 Å². The fourth-order valence-corrected chi connectivity index (χ4v) is 4.40. The summed E-state index contributed by atoms with van der Waals surface area (Å²) in [5.41, 5.74) is 4.16. The lowest BCUT2D eigenvalue weighted by Crippen LogP contribution is -2.31. The Bertz CT molecular complexity index is 1060. The molecule has 1 aliphatic rings. The van der Waals surface area contributed by atoms with Crippen molar-refractivity contribution in [3.8, 4) is 17.0 Å². The molecule has 2 aromatic carbocycles. The number of aromatic amines is 1. The average molecular weight is 468 g/mol. The first-order valence-electron chi connectivity index (χ1n) is 11.5. The topological polar surface area (TPSA) is 67.5 Å². The maximum Gasteiger partial charge on any atom is 0.273 e. The average Bonchev–Trinajstić information content (AvgIpc) is 3.37. The maximum atomic E-state index is 13.3. The first kappa shape index (κ1) is 23.3. The molecule has 33 heavy (non-hydrogen) atoms. The molecular weight excluding hydrogens is 438 g/mol. The molecule has 1 aromatic heterocycles. The highest BCUT2D eigenvalue weighted by atomic mass is 35.5. The Morgan fingerprint density at radius 2 is 1.79 bits per heavy atom. The summed E-state index contributed by atoms with van der Waals surface area (Å²) in [5, 5.41) is 8.16. The summed E-state index contributed by atoms with van der Waals surface area (Å²) in [7, 11) is 1.67. The van der Waals surface area contributed by atoms with E-state index in [9.17, 15) is 4.79 Å². The summed E-state index contributed by atoms with van der Waals surface area (Å²) in [6, 6.07) is 15.4. The van der Waals surface area contributed by atoms with Gasteiger partial charge in [0.1, 0.15) is 11.4 Å². The van der Waals surface area contributed by atoms with Gasteiger partial charge in [0.05, 0.1) is 18.3 Å². The van der Waals surface area contributed by atoms with Crippen molar-refractivity contribution in [2.45, 2.75) is 38.6 Å². The number of carbonyl (C=O) groups excluding carboxylic acids is 1. The molecule has 6 nitrogen and oxygen atoms in total. The van der Waals surface area contributed by atoms with Crippen molar-refractivity contribution < 1.29 is 14.3 Å². The number of aromatic nitrogens is 2. The molecule has 0 fully saturated rings. The highest BCUT2D eigenvalue weighted by molar-refractivity contribution is 6.30. The lowest BCUT2D eigenvalue weighted by atomic mass is 9.96. The Kier molecular flexibility index (Phi) is 7.68. The number of H-pyrrole nitrogens is 1. The van der Waals surface area contributed by atoms with E-state index in [1.807, 2.05) is 53.4 Å². The molecule has 0 aliphatic carbocycles. The van der Waals surface area contributed by atoms with Gasteiger partial charge < -0.3 is 14.4 Å². The summed E-state index contributed by atoms with van der Waals surface area (Å²) in [6.07, 6.45) is 4.13. The number of hydrogen-bond donors (Lipinski definition) is 1. The highest BCUT2D eigenvalue weighted by Crippen LogP contribution is 2.43. The van der Waals surface area contributed by atoms with Gasteiger partial charge >= 0.3 is 0 Å². The molecule has 0 spiro atoms. The Balaban J connectivity index is 1.66. The summed E-state index contributed by atoms with van der Waals surface area (Å²) in [4.78, 5) is 15.2. The van der Waals surface area contributed by atoms with Gasteiger partial charge in [0.15, 0.2) is 0 Å². The smallest absolute Gasteiger partial charge is 0.273 e. The molecule has 1 atom stereocenters. The largest absolute Gasteiger partial charge is 0.494 e. The fraction of sp³-hybridized carbons (Fsp3) is 0.385. The van der Waals surface area contributed by atoms with Crippen LogP contribution in [0, 0.1) is 0 Å². The van der Waals surface area contributed by atoms with Gasteiger partial charge in [-0.25, -0.2) is 0 Å². The molecule has 1 unspecified atom stereocenters. The molecule has 2 heterocycles. The summed E-state index contributed by atoms with van der Waals surface area (Å²) < 4.78 is 11.1. The molecule has 0 saturated carbocycles. The number of hydrogen-bond acceptors (Lipinski definition) is 4. The number of rotatable bonds is 11. The molecule has 7 heteroatoms. The first-order valence-corrected chi connectivity index (χ1v) is 11.9. The number of nitrogens with one attached hydrogen (secondary N) is 1. The predicted octanol–water partition coefficient (Wildman–Crippen LogP) is 5.88. The molecule has 3 aromatic rings. The van der Waals surface area contributed by atoms with Gasteiger partial charge in [0.25, 0.3) is 5.91 Å². The lowest BCUT2D eigenvalue weighted by Gasteiger charge is -2.26. The van der Waals surface area contributed by atoms with Crippen LogP contribution < -0.4 is 4.74 Å². The predicted molar refractivity (Wildman–Crippen MR) is 130 cm³/mol. The van der Waals surface area contributed by atoms with Gasteiger partial charge in [-0.1, -0.05) is 55.6 Å². The van der Waals surface area contributed by atoms with Crippen molar-refractivity contribution in [1.29, 1.82) is 0 Å². The molecule has 4 rings (SSSR count). The number of nitrogens with zero attached hydrogens (tertiary/aromatic N) is 2. The fourth-order valence-electron chi connectivity index (χ4n) is 4.27. The third-order valence-electron chi connectivity index (χ3n) is 5.94. The summed E-state index contributed by atoms with van der Waals surface area (Å²) in [6.45, 7) is 4.08. The molecule has 1 N–H and O–H groups in total. The number of halogens is 1. The van der Waals surface area contributed by atoms with Crippen LogP contribution in [0.4, 0.5) is 0 Å². The Labute approximate surface area is 199 Å². The van der Waals surface area contributed by atoms with Crippen LogP contribution in [0.5, 0.6) is 5.75 Å². The highest BCUT2D eigenvalue weighted by Gasteiger charge is 2.41. The minimum Gasteiger partial charge on any atom is -0.494 e. The number of fused-ring (bicyclic) bond motifs is 1. The second-order valence-corrected chi connectivity index (χ2v) is 8.68. The summed E-state index contributed by atoms with van der Waals surface area (Å²) >= 11 is 6.09. The standard InChI is InChI=1S/C26H30ClN3O3/c1-3-4-5-17-33-21-13-9-19(10-14-21)25-22-23(18-7-11-20(27)12-8-18)28-29-24(22)26(31)30(25)15-6-16-32-2/h7-14,25H,3-6,15-17H2,1-2H3,(H,28,29). The van der Waals surface area contributed by atoms with E-state index in [2.05, 4.69) is 17.1 Å². The minimum absolute atomic E-state index is 0.0429. The minimum atomic E-state index is -0.233. The Morgan fingerprint density at radius 1 is 1.03 bits per heavy atom. The number of benzene rings is 2. The number of methoxy groups -OCH3 is 1. The van der Waals surface area contributed by atoms with Crippen LogP contribution in [0.1, 0.15) is 60.3 Å². The number of ether oxygens (including phenoxy) is 2. The van der Waals surface area contributed by atoms with E-state index in [1.165, 1.54) is 6.42 Å². The number of unbranched alkanes of at least 4 members (excludes halogenated alkanes) is 2. The van der Waals surface area contributed by atoms with E-state index in [0.29, 0.717) is 30.5 Å². The van der Waals surface area contributed by atoms with Gasteiger partial charge in [0.2, 0.25) is 0 Å². The molecule has 1 amide bonds. The van der Waals surface area contributed by atoms with Gasteiger partial charge in [-0.05, 0) is 42.7 Å². The lowest BCUT2D eigenvalue weighted by molar-refractivity contribution is 0.0723.